The van der Waals surface area contributed by atoms with Gasteiger partial charge in [0.25, 0.3) is 0 Å². The van der Waals surface area contributed by atoms with Crippen LogP contribution in [0.15, 0.2) is 0 Å². The van der Waals surface area contributed by atoms with Gasteiger partial charge in [0.2, 0.25) is 0 Å². The fraction of sp³-hybridized carbons (Fsp3) is 1.00. The molecule has 2 aliphatic carbocycles. The first kappa shape index (κ1) is 14.3. The molecule has 0 aromatic carbocycles. The second-order valence-electron chi connectivity index (χ2n) is 6.27. The van der Waals surface area contributed by atoms with Crippen LogP contribution in [0.1, 0.15) is 64.7 Å². The molecule has 18 heavy (non-hydrogen) atoms. The van der Waals surface area contributed by atoms with Gasteiger partial charge >= 0.3 is 0 Å². The summed E-state index contributed by atoms with van der Waals surface area (Å²) in [6.07, 6.45) is 12.5. The molecule has 0 saturated heterocycles. The van der Waals surface area contributed by atoms with E-state index in [-0.39, 0.29) is 0 Å². The summed E-state index contributed by atoms with van der Waals surface area (Å²) in [5.41, 5.74) is 0. The Bertz CT molecular complexity index is 209. The van der Waals surface area contributed by atoms with Gasteiger partial charge in [0.1, 0.15) is 0 Å². The summed E-state index contributed by atoms with van der Waals surface area (Å²) in [7, 11) is 0. The van der Waals surface area contributed by atoms with E-state index in [2.05, 4.69) is 12.2 Å². The van der Waals surface area contributed by atoms with Crippen molar-refractivity contribution in [2.45, 2.75) is 70.8 Å². The van der Waals surface area contributed by atoms with Crippen molar-refractivity contribution in [1.82, 2.24) is 5.32 Å². The molecule has 1 N–H and O–H groups in total. The van der Waals surface area contributed by atoms with Crippen molar-refractivity contribution in [3.8, 4) is 0 Å². The maximum Gasteiger partial charge on any atom is 0.0622 e. The van der Waals surface area contributed by atoms with Gasteiger partial charge in [0.15, 0.2) is 0 Å². The van der Waals surface area contributed by atoms with Crippen LogP contribution in [0.4, 0.5) is 0 Å². The Balaban J connectivity index is 1.60. The molecule has 0 spiro atoms. The van der Waals surface area contributed by atoms with Crippen molar-refractivity contribution in [2.75, 3.05) is 19.8 Å². The molecule has 0 amide bonds. The molecule has 0 heterocycles. The summed E-state index contributed by atoms with van der Waals surface area (Å²) in [6.45, 7) is 5.32. The van der Waals surface area contributed by atoms with Crippen LogP contribution in [-0.4, -0.2) is 25.8 Å². The fourth-order valence-corrected chi connectivity index (χ4v) is 3.29. The average molecular weight is 253 g/mol. The Hall–Kier alpha value is -0.0800. The zero-order chi connectivity index (χ0) is 12.6. The van der Waals surface area contributed by atoms with Crippen LogP contribution in [0.2, 0.25) is 0 Å². The zero-order valence-corrected chi connectivity index (χ0v) is 12.1. The fourth-order valence-electron chi connectivity index (χ4n) is 3.29. The maximum atomic E-state index is 5.95. The molecule has 1 atom stereocenters. The van der Waals surface area contributed by atoms with Gasteiger partial charge in [-0.1, -0.05) is 39.0 Å². The predicted molar refractivity (Wildman–Crippen MR) is 76.8 cm³/mol. The van der Waals surface area contributed by atoms with Crippen molar-refractivity contribution < 1.29 is 4.74 Å². The second kappa shape index (κ2) is 8.16. The quantitative estimate of drug-likeness (QED) is 0.632. The van der Waals surface area contributed by atoms with Gasteiger partial charge in [-0.2, -0.15) is 0 Å². The Morgan fingerprint density at radius 1 is 1.11 bits per heavy atom. The lowest BCUT2D eigenvalue weighted by Crippen LogP contribution is -2.39. The molecule has 0 radical (unpaired) electrons. The van der Waals surface area contributed by atoms with Gasteiger partial charge in [-0.05, 0) is 44.1 Å². The molecule has 2 fully saturated rings. The Kier molecular flexibility index (Phi) is 6.50. The van der Waals surface area contributed by atoms with Crippen molar-refractivity contribution in [3.05, 3.63) is 0 Å². The van der Waals surface area contributed by atoms with E-state index in [0.717, 1.165) is 31.6 Å². The number of rotatable bonds is 9. The van der Waals surface area contributed by atoms with Gasteiger partial charge in [-0.25, -0.2) is 0 Å². The summed E-state index contributed by atoms with van der Waals surface area (Å²) in [5, 5.41) is 3.70. The van der Waals surface area contributed by atoms with Crippen molar-refractivity contribution >= 4 is 0 Å². The lowest BCUT2D eigenvalue weighted by Gasteiger charge is -2.27. The Morgan fingerprint density at radius 2 is 1.89 bits per heavy atom. The first-order chi connectivity index (χ1) is 8.90. The third-order valence-corrected chi connectivity index (χ3v) is 4.82. The van der Waals surface area contributed by atoms with Gasteiger partial charge < -0.3 is 10.1 Å². The highest BCUT2D eigenvalue weighted by Gasteiger charge is 2.24. The van der Waals surface area contributed by atoms with Crippen LogP contribution >= 0.6 is 0 Å². The standard InChI is InChI=1S/C16H31NO/c1-2-11-17-16(15-8-3-4-9-15)13-18-12-10-14-6-5-7-14/h14-17H,2-13H2,1H3. The smallest absolute Gasteiger partial charge is 0.0622 e. The van der Waals surface area contributed by atoms with Gasteiger partial charge in [-0.15, -0.1) is 0 Å². The van der Waals surface area contributed by atoms with E-state index in [1.807, 2.05) is 0 Å². The van der Waals surface area contributed by atoms with Gasteiger partial charge in [-0.3, -0.25) is 0 Å². The van der Waals surface area contributed by atoms with E-state index >= 15 is 0 Å². The Morgan fingerprint density at radius 3 is 2.50 bits per heavy atom. The van der Waals surface area contributed by atoms with Crippen molar-refractivity contribution in [3.63, 3.8) is 0 Å². The van der Waals surface area contributed by atoms with E-state index in [4.69, 9.17) is 4.74 Å². The molecule has 0 aromatic rings. The largest absolute Gasteiger partial charge is 0.380 e. The normalized spacial score (nSPS) is 23.2. The van der Waals surface area contributed by atoms with E-state index < -0.39 is 0 Å². The highest BCUT2D eigenvalue weighted by Crippen LogP contribution is 2.30. The molecular weight excluding hydrogens is 222 g/mol. The van der Waals surface area contributed by atoms with Gasteiger partial charge in [0.05, 0.1) is 6.61 Å². The molecule has 106 valence electrons. The second-order valence-corrected chi connectivity index (χ2v) is 6.27. The molecule has 0 bridgehead atoms. The summed E-state index contributed by atoms with van der Waals surface area (Å²) in [6, 6.07) is 0.619. The van der Waals surface area contributed by atoms with Gasteiger partial charge in [0, 0.05) is 12.6 Å². The van der Waals surface area contributed by atoms with Crippen LogP contribution in [0.25, 0.3) is 0 Å². The maximum absolute atomic E-state index is 5.95. The summed E-state index contributed by atoms with van der Waals surface area (Å²) >= 11 is 0. The average Bonchev–Trinajstić information content (AvgIpc) is 2.84. The van der Waals surface area contributed by atoms with Crippen LogP contribution in [0.3, 0.4) is 0 Å². The third-order valence-electron chi connectivity index (χ3n) is 4.82. The van der Waals surface area contributed by atoms with E-state index in [1.54, 1.807) is 0 Å². The number of nitrogens with one attached hydrogen (secondary N) is 1. The number of hydrogen-bond acceptors (Lipinski definition) is 2. The third kappa shape index (κ3) is 4.55. The minimum Gasteiger partial charge on any atom is -0.380 e. The minimum absolute atomic E-state index is 0.619. The lowest BCUT2D eigenvalue weighted by atomic mass is 9.83. The monoisotopic (exact) mass is 253 g/mol. The molecule has 1 unspecified atom stereocenters. The Labute approximate surface area is 113 Å². The lowest BCUT2D eigenvalue weighted by molar-refractivity contribution is 0.0752. The number of ether oxygens (including phenoxy) is 1. The highest BCUT2D eigenvalue weighted by atomic mass is 16.5. The summed E-state index contributed by atoms with van der Waals surface area (Å²) in [4.78, 5) is 0. The van der Waals surface area contributed by atoms with Crippen LogP contribution in [0, 0.1) is 11.8 Å². The SMILES string of the molecule is CCCNC(COCCC1CCC1)C1CCCC1. The molecule has 2 saturated carbocycles. The zero-order valence-electron chi connectivity index (χ0n) is 12.1. The van der Waals surface area contributed by atoms with Crippen molar-refractivity contribution in [1.29, 1.82) is 0 Å². The summed E-state index contributed by atoms with van der Waals surface area (Å²) < 4.78 is 5.95. The minimum atomic E-state index is 0.619. The molecule has 2 rings (SSSR count). The first-order valence-electron chi connectivity index (χ1n) is 8.21. The van der Waals surface area contributed by atoms with E-state index in [0.29, 0.717) is 6.04 Å². The molecule has 2 heteroatoms. The van der Waals surface area contributed by atoms with E-state index in [1.165, 1.54) is 57.8 Å². The highest BCUT2D eigenvalue weighted by molar-refractivity contribution is 4.80. The summed E-state index contributed by atoms with van der Waals surface area (Å²) in [5.74, 6) is 1.86. The molecular formula is C16H31NO. The van der Waals surface area contributed by atoms with Crippen LogP contribution in [0.5, 0.6) is 0 Å². The molecule has 2 aliphatic rings. The van der Waals surface area contributed by atoms with Crippen molar-refractivity contribution in [2.24, 2.45) is 11.8 Å². The molecule has 0 aromatic heterocycles. The molecule has 2 nitrogen and oxygen atoms in total. The first-order valence-corrected chi connectivity index (χ1v) is 8.21. The topological polar surface area (TPSA) is 21.3 Å². The predicted octanol–water partition coefficient (Wildman–Crippen LogP) is 3.75. The van der Waals surface area contributed by atoms with Crippen LogP contribution in [-0.2, 0) is 4.74 Å². The van der Waals surface area contributed by atoms with E-state index in [9.17, 15) is 0 Å². The molecule has 0 aliphatic heterocycles. The number of hydrogen-bond donors (Lipinski definition) is 1. The van der Waals surface area contributed by atoms with Crippen LogP contribution < -0.4 is 5.32 Å².